The van der Waals surface area contributed by atoms with Gasteiger partial charge in [0.15, 0.2) is 0 Å². The van der Waals surface area contributed by atoms with Crippen LogP contribution in [0.15, 0.2) is 48.5 Å². The molecular formula is C15H13ClN2O. The maximum Gasteiger partial charge on any atom is 0.128 e. The van der Waals surface area contributed by atoms with Gasteiger partial charge in [0.05, 0.1) is 5.69 Å². The van der Waals surface area contributed by atoms with Gasteiger partial charge in [-0.3, -0.25) is 0 Å². The van der Waals surface area contributed by atoms with Gasteiger partial charge >= 0.3 is 0 Å². The lowest BCUT2D eigenvalue weighted by atomic mass is 10.2. The second kappa shape index (κ2) is 4.86. The number of aromatic amines is 1. The van der Waals surface area contributed by atoms with Crippen LogP contribution in [-0.2, 0) is 6.61 Å². The first-order valence-electron chi connectivity index (χ1n) is 5.96. The molecule has 0 bridgehead atoms. The zero-order chi connectivity index (χ0) is 13.2. The highest BCUT2D eigenvalue weighted by molar-refractivity contribution is 6.30. The fourth-order valence-corrected chi connectivity index (χ4v) is 2.11. The summed E-state index contributed by atoms with van der Waals surface area (Å²) in [4.78, 5) is 3.30. The Kier molecular flexibility index (Phi) is 3.05. The van der Waals surface area contributed by atoms with Crippen molar-refractivity contribution in [2.45, 2.75) is 6.61 Å². The van der Waals surface area contributed by atoms with Gasteiger partial charge in [0.1, 0.15) is 12.4 Å². The molecule has 2 aromatic carbocycles. The van der Waals surface area contributed by atoms with Crippen LogP contribution in [0.4, 0.5) is 5.69 Å². The van der Waals surface area contributed by atoms with Crippen molar-refractivity contribution in [1.82, 2.24) is 4.98 Å². The van der Waals surface area contributed by atoms with Crippen molar-refractivity contribution in [1.29, 1.82) is 0 Å². The largest absolute Gasteiger partial charge is 0.487 e. The van der Waals surface area contributed by atoms with Crippen molar-refractivity contribution in [3.05, 3.63) is 59.2 Å². The Hall–Kier alpha value is -2.13. The molecule has 0 aliphatic heterocycles. The van der Waals surface area contributed by atoms with E-state index in [2.05, 4.69) is 4.98 Å². The van der Waals surface area contributed by atoms with Crippen LogP contribution in [-0.4, -0.2) is 4.98 Å². The average molecular weight is 273 g/mol. The number of nitrogens with two attached hydrogens (primary N) is 1. The van der Waals surface area contributed by atoms with Crippen LogP contribution in [0.1, 0.15) is 5.69 Å². The number of H-pyrrole nitrogens is 1. The number of nitrogens with one attached hydrogen (secondary N) is 1. The molecule has 0 spiro atoms. The fourth-order valence-electron chi connectivity index (χ4n) is 1.98. The molecule has 0 aliphatic carbocycles. The van der Waals surface area contributed by atoms with Gasteiger partial charge in [-0.05, 0) is 48.5 Å². The van der Waals surface area contributed by atoms with E-state index in [-0.39, 0.29) is 0 Å². The van der Waals surface area contributed by atoms with Crippen molar-refractivity contribution in [3.8, 4) is 5.75 Å². The van der Waals surface area contributed by atoms with Crippen LogP contribution in [0.25, 0.3) is 10.9 Å². The number of anilines is 1. The van der Waals surface area contributed by atoms with Gasteiger partial charge in [-0.15, -0.1) is 0 Å². The van der Waals surface area contributed by atoms with Gasteiger partial charge in [-0.2, -0.15) is 0 Å². The number of hydrogen-bond donors (Lipinski definition) is 2. The van der Waals surface area contributed by atoms with Gasteiger partial charge in [-0.25, -0.2) is 0 Å². The molecule has 0 saturated carbocycles. The molecule has 0 radical (unpaired) electrons. The zero-order valence-corrected chi connectivity index (χ0v) is 10.9. The molecule has 3 nitrogen and oxygen atoms in total. The van der Waals surface area contributed by atoms with Crippen LogP contribution in [0.2, 0.25) is 5.02 Å². The predicted octanol–water partition coefficient (Wildman–Crippen LogP) is 3.98. The van der Waals surface area contributed by atoms with E-state index in [1.165, 1.54) is 0 Å². The third-order valence-electron chi connectivity index (χ3n) is 2.91. The summed E-state index contributed by atoms with van der Waals surface area (Å²) in [6, 6.07) is 15.1. The van der Waals surface area contributed by atoms with Crippen molar-refractivity contribution >= 4 is 28.2 Å². The van der Waals surface area contributed by atoms with Crippen molar-refractivity contribution in [2.24, 2.45) is 0 Å². The maximum atomic E-state index is 5.82. The molecule has 19 heavy (non-hydrogen) atoms. The highest BCUT2D eigenvalue weighted by Crippen LogP contribution is 2.20. The first kappa shape index (κ1) is 11.9. The summed E-state index contributed by atoms with van der Waals surface area (Å²) < 4.78 is 5.69. The third kappa shape index (κ3) is 2.66. The van der Waals surface area contributed by atoms with Crippen molar-refractivity contribution in [3.63, 3.8) is 0 Å². The van der Waals surface area contributed by atoms with Gasteiger partial charge in [0.2, 0.25) is 0 Å². The molecule has 0 saturated heterocycles. The summed E-state index contributed by atoms with van der Waals surface area (Å²) in [7, 11) is 0. The first-order chi connectivity index (χ1) is 9.20. The Morgan fingerprint density at radius 1 is 1.05 bits per heavy atom. The number of fused-ring (bicyclic) bond motifs is 1. The quantitative estimate of drug-likeness (QED) is 0.709. The molecule has 96 valence electrons. The summed E-state index contributed by atoms with van der Waals surface area (Å²) in [5.41, 5.74) is 8.58. The SMILES string of the molecule is Nc1ccc2[nH]c(COc3ccc(Cl)cc3)cc2c1. The lowest BCUT2D eigenvalue weighted by Gasteiger charge is -2.04. The number of hydrogen-bond acceptors (Lipinski definition) is 2. The van der Waals surface area contributed by atoms with Gasteiger partial charge in [0, 0.05) is 21.6 Å². The first-order valence-corrected chi connectivity index (χ1v) is 6.34. The maximum absolute atomic E-state index is 5.82. The molecule has 0 aliphatic rings. The third-order valence-corrected chi connectivity index (χ3v) is 3.16. The van der Waals surface area contributed by atoms with Crippen LogP contribution in [0.5, 0.6) is 5.75 Å². The van der Waals surface area contributed by atoms with E-state index < -0.39 is 0 Å². The summed E-state index contributed by atoms with van der Waals surface area (Å²) >= 11 is 5.82. The van der Waals surface area contributed by atoms with Gasteiger partial charge in [0.25, 0.3) is 0 Å². The second-order valence-corrected chi connectivity index (χ2v) is 4.82. The van der Waals surface area contributed by atoms with E-state index in [1.807, 2.05) is 48.5 Å². The molecule has 0 atom stereocenters. The minimum atomic E-state index is 0.482. The van der Waals surface area contributed by atoms with Crippen LogP contribution >= 0.6 is 11.6 Å². The fraction of sp³-hybridized carbons (Fsp3) is 0.0667. The number of nitrogen functional groups attached to an aromatic ring is 1. The molecular weight excluding hydrogens is 260 g/mol. The van der Waals surface area contributed by atoms with E-state index >= 15 is 0 Å². The Balaban J connectivity index is 1.76. The molecule has 0 unspecified atom stereocenters. The van der Waals surface area contributed by atoms with Crippen molar-refractivity contribution < 1.29 is 4.74 Å². The molecule has 3 N–H and O–H groups in total. The minimum Gasteiger partial charge on any atom is -0.487 e. The molecule has 0 amide bonds. The highest BCUT2D eigenvalue weighted by atomic mass is 35.5. The molecule has 1 heterocycles. The molecule has 4 heteroatoms. The Morgan fingerprint density at radius 3 is 2.63 bits per heavy atom. The molecule has 1 aromatic heterocycles. The van der Waals surface area contributed by atoms with E-state index in [1.54, 1.807) is 0 Å². The van der Waals surface area contributed by atoms with Crippen LogP contribution in [0.3, 0.4) is 0 Å². The van der Waals surface area contributed by atoms with E-state index in [4.69, 9.17) is 22.1 Å². The summed E-state index contributed by atoms with van der Waals surface area (Å²) in [5.74, 6) is 0.794. The number of aromatic nitrogens is 1. The Morgan fingerprint density at radius 2 is 1.84 bits per heavy atom. The highest BCUT2D eigenvalue weighted by Gasteiger charge is 2.02. The Bertz CT molecular complexity index is 704. The minimum absolute atomic E-state index is 0.482. The average Bonchev–Trinajstić information content (AvgIpc) is 2.80. The topological polar surface area (TPSA) is 51.0 Å². The summed E-state index contributed by atoms with van der Waals surface area (Å²) in [6.07, 6.45) is 0. The zero-order valence-electron chi connectivity index (χ0n) is 10.2. The summed E-state index contributed by atoms with van der Waals surface area (Å²) in [5, 5.41) is 1.79. The predicted molar refractivity (Wildman–Crippen MR) is 78.5 cm³/mol. The number of ether oxygens (including phenoxy) is 1. The van der Waals surface area contributed by atoms with Crippen LogP contribution in [0, 0.1) is 0 Å². The van der Waals surface area contributed by atoms with E-state index in [9.17, 15) is 0 Å². The van der Waals surface area contributed by atoms with E-state index in [0.29, 0.717) is 11.6 Å². The van der Waals surface area contributed by atoms with Crippen molar-refractivity contribution in [2.75, 3.05) is 5.73 Å². The van der Waals surface area contributed by atoms with Gasteiger partial charge < -0.3 is 15.5 Å². The molecule has 3 aromatic rings. The monoisotopic (exact) mass is 272 g/mol. The molecule has 0 fully saturated rings. The summed E-state index contributed by atoms with van der Waals surface area (Å²) in [6.45, 7) is 0.482. The standard InChI is InChI=1S/C15H13ClN2O/c16-11-1-4-14(5-2-11)19-9-13-8-10-7-12(17)3-6-15(10)18-13/h1-8,18H,9,17H2. The molecule has 3 rings (SSSR count). The number of halogens is 1. The van der Waals surface area contributed by atoms with Gasteiger partial charge in [-0.1, -0.05) is 11.6 Å². The normalized spacial score (nSPS) is 10.8. The van der Waals surface area contributed by atoms with E-state index in [0.717, 1.165) is 28.0 Å². The number of rotatable bonds is 3. The Labute approximate surface area is 116 Å². The lowest BCUT2D eigenvalue weighted by molar-refractivity contribution is 0.302. The second-order valence-electron chi connectivity index (χ2n) is 4.38. The van der Waals surface area contributed by atoms with Crippen LogP contribution < -0.4 is 10.5 Å². The smallest absolute Gasteiger partial charge is 0.128 e. The lowest BCUT2D eigenvalue weighted by Crippen LogP contribution is -1.94. The number of benzene rings is 2.